The number of hydrogen-bond acceptors (Lipinski definition) is 10. The summed E-state index contributed by atoms with van der Waals surface area (Å²) >= 11 is 1.71. The van der Waals surface area contributed by atoms with Gasteiger partial charge in [-0.25, -0.2) is 9.97 Å². The molecule has 1 amide bonds. The molecule has 3 aromatic heterocycles. The average molecular weight is 626 g/mol. The summed E-state index contributed by atoms with van der Waals surface area (Å²) in [5.74, 6) is -0.252. The van der Waals surface area contributed by atoms with Crippen LogP contribution in [0.2, 0.25) is 0 Å². The largest absolute Gasteiger partial charge is 0.493 e. The van der Waals surface area contributed by atoms with Crippen molar-refractivity contribution < 1.29 is 25.6 Å². The summed E-state index contributed by atoms with van der Waals surface area (Å²) in [4.78, 5) is 42.3. The first-order chi connectivity index (χ1) is 21.1. The molecule has 2 aliphatic heterocycles. The molecular formula is C33H47N5O5S. The Morgan fingerprint density at radius 1 is 1.16 bits per heavy atom. The van der Waals surface area contributed by atoms with Gasteiger partial charge in [0, 0.05) is 51.7 Å². The number of ether oxygens (including phenoxy) is 2. The highest BCUT2D eigenvalue weighted by molar-refractivity contribution is 7.09. The van der Waals surface area contributed by atoms with Gasteiger partial charge in [0.25, 0.3) is 0 Å². The Hall–Kier alpha value is -3.67. The van der Waals surface area contributed by atoms with Crippen LogP contribution < -0.4 is 14.5 Å². The number of ketones is 1. The maximum atomic E-state index is 13.5. The first kappa shape index (κ1) is 34.8. The maximum Gasteiger partial charge on any atom is 0.233 e. The Labute approximate surface area is 266 Å². The van der Waals surface area contributed by atoms with Crippen molar-refractivity contribution in [2.24, 2.45) is 0 Å². The van der Waals surface area contributed by atoms with E-state index in [1.54, 1.807) is 54.5 Å². The molecule has 5 rings (SSSR count). The van der Waals surface area contributed by atoms with Crippen molar-refractivity contribution in [2.75, 3.05) is 36.1 Å². The second kappa shape index (κ2) is 16.4. The van der Waals surface area contributed by atoms with Crippen LogP contribution in [-0.2, 0) is 16.0 Å². The van der Waals surface area contributed by atoms with Gasteiger partial charge in [-0.2, -0.15) is 0 Å². The van der Waals surface area contributed by atoms with Gasteiger partial charge in [0.2, 0.25) is 5.91 Å². The highest BCUT2D eigenvalue weighted by Gasteiger charge is 2.40. The van der Waals surface area contributed by atoms with E-state index in [0.717, 1.165) is 31.6 Å². The van der Waals surface area contributed by atoms with Gasteiger partial charge in [-0.1, -0.05) is 27.4 Å². The number of Topliss-reactive ketones (excluding diaryl/α,β-unsaturated/α-hetero) is 1. The number of aryl methyl sites for hydroxylation is 1. The number of pyridine rings is 2. The summed E-state index contributed by atoms with van der Waals surface area (Å²) in [5.41, 5.74) is 2.39. The van der Waals surface area contributed by atoms with E-state index in [1.807, 2.05) is 31.5 Å². The van der Waals surface area contributed by atoms with E-state index in [9.17, 15) is 14.7 Å². The third-order valence-corrected chi connectivity index (χ3v) is 7.76. The molecule has 0 aromatic carbocycles. The van der Waals surface area contributed by atoms with E-state index >= 15 is 0 Å². The van der Waals surface area contributed by atoms with E-state index in [2.05, 4.69) is 33.4 Å². The number of carbonyl (C=O) groups excluding carboxylic acids is 2. The molecule has 0 aliphatic carbocycles. The zero-order valence-corrected chi connectivity index (χ0v) is 27.5. The molecule has 44 heavy (non-hydrogen) atoms. The normalized spacial score (nSPS) is 14.9. The lowest BCUT2D eigenvalue weighted by Gasteiger charge is -2.36. The molecule has 0 spiro atoms. The molecule has 10 nitrogen and oxygen atoms in total. The first-order valence-corrected chi connectivity index (χ1v) is 16.0. The summed E-state index contributed by atoms with van der Waals surface area (Å²) in [5, 5.41) is 12.8. The predicted octanol–water partition coefficient (Wildman–Crippen LogP) is 6.20. The van der Waals surface area contributed by atoms with Crippen LogP contribution in [0.5, 0.6) is 5.75 Å². The minimum absolute atomic E-state index is 0. The van der Waals surface area contributed by atoms with Crippen LogP contribution in [0, 0.1) is 0 Å². The molecule has 2 aliphatic rings. The summed E-state index contributed by atoms with van der Waals surface area (Å²) < 4.78 is 11.0. The molecule has 1 saturated heterocycles. The molecule has 1 fully saturated rings. The van der Waals surface area contributed by atoms with Crippen molar-refractivity contribution in [3.05, 3.63) is 65.0 Å². The minimum atomic E-state index is -1.16. The predicted molar refractivity (Wildman–Crippen MR) is 178 cm³/mol. The van der Waals surface area contributed by atoms with Gasteiger partial charge in [0.05, 0.1) is 42.1 Å². The van der Waals surface area contributed by atoms with Crippen LogP contribution in [-0.4, -0.2) is 69.9 Å². The van der Waals surface area contributed by atoms with Crippen molar-refractivity contribution in [3.8, 4) is 5.75 Å². The molecule has 0 unspecified atom stereocenters. The van der Waals surface area contributed by atoms with Crippen LogP contribution >= 0.6 is 11.3 Å². The van der Waals surface area contributed by atoms with Crippen LogP contribution in [0.15, 0.2) is 48.6 Å². The molecule has 0 radical (unpaired) electrons. The second-order valence-electron chi connectivity index (χ2n) is 10.7. The third kappa shape index (κ3) is 9.67. The van der Waals surface area contributed by atoms with Crippen LogP contribution in [0.25, 0.3) is 5.57 Å². The summed E-state index contributed by atoms with van der Waals surface area (Å²) in [6, 6.07) is 7.13. The number of rotatable bonds is 11. The van der Waals surface area contributed by atoms with Crippen molar-refractivity contribution in [1.29, 1.82) is 0 Å². The third-order valence-electron chi connectivity index (χ3n) is 6.84. The Bertz CT molecular complexity index is 1400. The molecule has 240 valence electrons. The van der Waals surface area contributed by atoms with Crippen molar-refractivity contribution in [2.45, 2.75) is 79.1 Å². The van der Waals surface area contributed by atoms with Crippen molar-refractivity contribution in [1.82, 2.24) is 15.0 Å². The molecule has 2 bridgehead atoms. The fourth-order valence-electron chi connectivity index (χ4n) is 4.78. The van der Waals surface area contributed by atoms with Crippen molar-refractivity contribution >= 4 is 40.1 Å². The topological polar surface area (TPSA) is 118 Å². The zero-order valence-electron chi connectivity index (χ0n) is 26.7. The standard InChI is InChI=1S/C26H32N4O5.C5H7NS.C2H6.H2/c1-17(22-15-20(8-10-27-22)34-12-5-13-35-26(3,4)33)14-24(32)30-19-9-11-29(16-19)23-7-6-21(18(2)31)28-25(23)30;1-2-5-6-3-4-7-5;1-2;/h6-8,10,15,19,33H,1,5,9,11-14,16H2,2-4H3;3-4H,2H2,1H3;1-2H3;1H/t19-;;;/m0.../s1. The summed E-state index contributed by atoms with van der Waals surface area (Å²) in [6.45, 7) is 17.2. The fourth-order valence-corrected chi connectivity index (χ4v) is 5.35. The van der Waals surface area contributed by atoms with E-state index in [0.29, 0.717) is 48.2 Å². The molecule has 11 heteroatoms. The lowest BCUT2D eigenvalue weighted by atomic mass is 10.1. The number of fused-ring (bicyclic) bond motifs is 4. The van der Waals surface area contributed by atoms with Gasteiger partial charge in [0.15, 0.2) is 17.4 Å². The zero-order chi connectivity index (χ0) is 32.3. The van der Waals surface area contributed by atoms with Gasteiger partial charge in [-0.3, -0.25) is 19.5 Å². The number of amides is 1. The van der Waals surface area contributed by atoms with Gasteiger partial charge in [-0.15, -0.1) is 11.3 Å². The van der Waals surface area contributed by atoms with Gasteiger partial charge >= 0.3 is 0 Å². The van der Waals surface area contributed by atoms with E-state index in [4.69, 9.17) is 9.47 Å². The molecule has 5 heterocycles. The van der Waals surface area contributed by atoms with Crippen LogP contribution in [0.1, 0.15) is 83.4 Å². The number of aliphatic hydroxyl groups is 1. The molecule has 3 aromatic rings. The van der Waals surface area contributed by atoms with Gasteiger partial charge < -0.3 is 19.5 Å². The van der Waals surface area contributed by atoms with E-state index in [1.165, 1.54) is 11.9 Å². The Morgan fingerprint density at radius 2 is 1.93 bits per heavy atom. The number of thiazole rings is 1. The lowest BCUT2D eigenvalue weighted by Crippen LogP contribution is -2.46. The molecule has 1 N–H and O–H groups in total. The molecule has 0 saturated carbocycles. The molecular weight excluding hydrogens is 578 g/mol. The number of carbonyl (C=O) groups is 2. The fraction of sp³-hybridized carbons (Fsp3) is 0.485. The van der Waals surface area contributed by atoms with Crippen LogP contribution in [0.3, 0.4) is 0 Å². The van der Waals surface area contributed by atoms with Gasteiger partial charge in [-0.05, 0) is 50.5 Å². The van der Waals surface area contributed by atoms with Gasteiger partial charge in [0.1, 0.15) is 11.4 Å². The SMILES string of the molecule is C=C(CC(=O)N1c2nc(C(C)=O)ccc2N2CC[C@H]1C2)c1cc(OCCCOC(C)(C)O)ccn1.CC.CCc1nccs1.[HH]. The maximum absolute atomic E-state index is 13.5. The quantitative estimate of drug-likeness (QED) is 0.151. The Morgan fingerprint density at radius 3 is 2.57 bits per heavy atom. The summed E-state index contributed by atoms with van der Waals surface area (Å²) in [7, 11) is 0. The molecule has 1 atom stereocenters. The first-order valence-electron chi connectivity index (χ1n) is 15.2. The van der Waals surface area contributed by atoms with Crippen molar-refractivity contribution in [3.63, 3.8) is 0 Å². The monoisotopic (exact) mass is 625 g/mol. The van der Waals surface area contributed by atoms with Crippen LogP contribution in [0.4, 0.5) is 11.5 Å². The Balaban J connectivity index is 0.000000614. The number of aromatic nitrogens is 3. The Kier molecular flexibility index (Phi) is 13.0. The smallest absolute Gasteiger partial charge is 0.233 e. The van der Waals surface area contributed by atoms with E-state index < -0.39 is 5.79 Å². The lowest BCUT2D eigenvalue weighted by molar-refractivity contribution is -0.176. The second-order valence-corrected chi connectivity index (χ2v) is 11.7. The van der Waals surface area contributed by atoms with E-state index in [-0.39, 0.29) is 25.6 Å². The number of nitrogens with zero attached hydrogens (tertiary/aromatic N) is 5. The highest BCUT2D eigenvalue weighted by Crippen LogP contribution is 2.39. The number of anilines is 2. The highest BCUT2D eigenvalue weighted by atomic mass is 32.1. The minimum Gasteiger partial charge on any atom is -0.493 e. The number of hydrogen-bond donors (Lipinski definition) is 1. The summed E-state index contributed by atoms with van der Waals surface area (Å²) in [6.07, 6.45) is 6.07. The average Bonchev–Trinajstić information content (AvgIpc) is 3.69.